The number of hydrogen-bond donors (Lipinski definition) is 3. The molecule has 0 radical (unpaired) electrons. The van der Waals surface area contributed by atoms with Crippen molar-refractivity contribution in [3.05, 3.63) is 83.9 Å². The minimum atomic E-state index is -1.02. The Labute approximate surface area is 194 Å². The van der Waals surface area contributed by atoms with Crippen LogP contribution in [-0.2, 0) is 5.41 Å². The van der Waals surface area contributed by atoms with Crippen molar-refractivity contribution in [3.8, 4) is 16.8 Å². The number of aliphatic hydroxyl groups is 1. The van der Waals surface area contributed by atoms with Gasteiger partial charge in [0.05, 0.1) is 29.4 Å². The third kappa shape index (κ3) is 2.90. The molecular weight excluding hydrogens is 433 g/mol. The van der Waals surface area contributed by atoms with E-state index < -0.39 is 11.4 Å². The Bertz CT molecular complexity index is 1560. The maximum Gasteiger partial charge on any atom is 0.336 e. The Morgan fingerprint density at radius 2 is 1.88 bits per heavy atom. The van der Waals surface area contributed by atoms with Gasteiger partial charge in [-0.2, -0.15) is 5.10 Å². The second kappa shape index (κ2) is 7.53. The van der Waals surface area contributed by atoms with E-state index in [2.05, 4.69) is 14.8 Å². The van der Waals surface area contributed by atoms with Crippen molar-refractivity contribution >= 4 is 27.8 Å². The van der Waals surface area contributed by atoms with E-state index >= 15 is 0 Å². The Morgan fingerprint density at radius 1 is 1.12 bits per heavy atom. The van der Waals surface area contributed by atoms with Gasteiger partial charge in [-0.15, -0.1) is 0 Å². The minimum Gasteiger partial charge on any atom is -0.478 e. The van der Waals surface area contributed by atoms with Gasteiger partial charge in [-0.1, -0.05) is 24.6 Å². The number of H-pyrrole nitrogens is 1. The maximum atomic E-state index is 13.8. The lowest BCUT2D eigenvalue weighted by Crippen LogP contribution is -2.40. The molecular formula is C27H22FN3O3. The summed E-state index contributed by atoms with van der Waals surface area (Å²) in [7, 11) is 0. The molecule has 2 aromatic heterocycles. The number of nitrogens with one attached hydrogen (secondary N) is 1. The Kier molecular flexibility index (Phi) is 4.57. The van der Waals surface area contributed by atoms with Crippen LogP contribution in [0.4, 0.5) is 4.39 Å². The summed E-state index contributed by atoms with van der Waals surface area (Å²) < 4.78 is 15.9. The summed E-state index contributed by atoms with van der Waals surface area (Å²) in [6, 6.07) is 17.2. The van der Waals surface area contributed by atoms with Crippen LogP contribution in [0.1, 0.15) is 35.3 Å². The zero-order chi connectivity index (χ0) is 23.4. The molecule has 3 N–H and O–H groups in total. The number of carbonyl (C=O) groups is 1. The Hall–Kier alpha value is -3.97. The van der Waals surface area contributed by atoms with Gasteiger partial charge >= 0.3 is 5.97 Å². The highest BCUT2D eigenvalue weighted by Gasteiger charge is 2.44. The maximum absolute atomic E-state index is 13.8. The molecule has 3 aromatic carbocycles. The van der Waals surface area contributed by atoms with Crippen molar-refractivity contribution in [1.82, 2.24) is 14.8 Å². The van der Waals surface area contributed by atoms with Crippen LogP contribution in [-0.4, -0.2) is 37.6 Å². The van der Waals surface area contributed by atoms with Crippen LogP contribution in [0.25, 0.3) is 38.6 Å². The van der Waals surface area contributed by atoms with E-state index in [1.807, 2.05) is 24.3 Å². The van der Waals surface area contributed by atoms with Gasteiger partial charge in [-0.25, -0.2) is 9.18 Å². The topological polar surface area (TPSA) is 91.1 Å². The Morgan fingerprint density at radius 3 is 2.56 bits per heavy atom. The Balaban J connectivity index is 1.83. The van der Waals surface area contributed by atoms with E-state index in [0.29, 0.717) is 5.56 Å². The highest BCUT2D eigenvalue weighted by molar-refractivity contribution is 6.09. The van der Waals surface area contributed by atoms with Crippen molar-refractivity contribution in [1.29, 1.82) is 0 Å². The lowest BCUT2D eigenvalue weighted by Gasteiger charge is -2.42. The first-order valence-corrected chi connectivity index (χ1v) is 11.2. The van der Waals surface area contributed by atoms with Gasteiger partial charge in [0.25, 0.3) is 0 Å². The number of hydrogen-bond acceptors (Lipinski definition) is 3. The summed E-state index contributed by atoms with van der Waals surface area (Å²) in [5, 5.41) is 29.6. The van der Waals surface area contributed by atoms with Gasteiger partial charge in [0.15, 0.2) is 0 Å². The van der Waals surface area contributed by atoms with E-state index in [0.717, 1.165) is 58.0 Å². The quantitative estimate of drug-likeness (QED) is 0.330. The number of aliphatic hydroxyl groups excluding tert-OH is 1. The number of carboxylic acid groups (broad SMARTS) is 1. The number of aromatic carboxylic acids is 1. The molecule has 0 bridgehead atoms. The average molecular weight is 455 g/mol. The van der Waals surface area contributed by atoms with E-state index in [1.54, 1.807) is 30.5 Å². The fourth-order valence-electron chi connectivity index (χ4n) is 5.32. The first-order chi connectivity index (χ1) is 16.5. The van der Waals surface area contributed by atoms with Gasteiger partial charge in [0.2, 0.25) is 0 Å². The van der Waals surface area contributed by atoms with Crippen LogP contribution in [0.3, 0.4) is 0 Å². The number of fused-ring (bicyclic) bond motifs is 2. The normalized spacial score (nSPS) is 15.0. The zero-order valence-corrected chi connectivity index (χ0v) is 18.3. The molecule has 6 rings (SSSR count). The average Bonchev–Trinajstić information content (AvgIpc) is 3.40. The number of aromatic nitrogens is 3. The van der Waals surface area contributed by atoms with Crippen LogP contribution in [0, 0.1) is 5.82 Å². The summed E-state index contributed by atoms with van der Waals surface area (Å²) in [5.41, 5.74) is 4.33. The van der Waals surface area contributed by atoms with Crippen LogP contribution in [0.2, 0.25) is 0 Å². The highest BCUT2D eigenvalue weighted by Crippen LogP contribution is 2.52. The van der Waals surface area contributed by atoms with Crippen molar-refractivity contribution in [3.63, 3.8) is 0 Å². The molecule has 7 heteroatoms. The fraction of sp³-hybridized carbons (Fsp3) is 0.185. The van der Waals surface area contributed by atoms with Crippen LogP contribution < -0.4 is 0 Å². The number of nitrogens with zero attached hydrogens (tertiary/aromatic N) is 2. The number of halogens is 1. The first kappa shape index (κ1) is 20.6. The van der Waals surface area contributed by atoms with Crippen LogP contribution in [0.15, 0.2) is 66.9 Å². The second-order valence-corrected chi connectivity index (χ2v) is 9.00. The predicted molar refractivity (Wildman–Crippen MR) is 128 cm³/mol. The van der Waals surface area contributed by atoms with Gasteiger partial charge in [-0.05, 0) is 60.9 Å². The number of benzene rings is 3. The largest absolute Gasteiger partial charge is 0.478 e. The fourth-order valence-corrected chi connectivity index (χ4v) is 5.32. The minimum absolute atomic E-state index is 0.0633. The third-order valence-corrected chi connectivity index (χ3v) is 7.15. The number of rotatable bonds is 5. The number of carboxylic acids is 1. The van der Waals surface area contributed by atoms with Crippen molar-refractivity contribution in [2.24, 2.45) is 0 Å². The van der Waals surface area contributed by atoms with Crippen LogP contribution in [0.5, 0.6) is 0 Å². The molecule has 1 saturated carbocycles. The van der Waals surface area contributed by atoms with E-state index in [1.165, 1.54) is 12.1 Å². The van der Waals surface area contributed by atoms with Crippen molar-refractivity contribution < 1.29 is 19.4 Å². The van der Waals surface area contributed by atoms with E-state index in [-0.39, 0.29) is 18.0 Å². The van der Waals surface area contributed by atoms with Gasteiger partial charge < -0.3 is 14.8 Å². The summed E-state index contributed by atoms with van der Waals surface area (Å²) in [5.74, 6) is -1.35. The molecule has 0 unspecified atom stereocenters. The smallest absolute Gasteiger partial charge is 0.336 e. The molecule has 2 heterocycles. The van der Waals surface area contributed by atoms with Crippen molar-refractivity contribution in [2.45, 2.75) is 24.7 Å². The molecule has 6 nitrogen and oxygen atoms in total. The molecule has 34 heavy (non-hydrogen) atoms. The summed E-state index contributed by atoms with van der Waals surface area (Å²) >= 11 is 0. The highest BCUT2D eigenvalue weighted by atomic mass is 19.1. The van der Waals surface area contributed by atoms with E-state index in [9.17, 15) is 19.4 Å². The molecule has 0 atom stereocenters. The van der Waals surface area contributed by atoms with E-state index in [4.69, 9.17) is 0 Å². The van der Waals surface area contributed by atoms with Gasteiger partial charge in [0.1, 0.15) is 5.82 Å². The summed E-state index contributed by atoms with van der Waals surface area (Å²) in [4.78, 5) is 12.2. The molecule has 1 aliphatic carbocycles. The monoisotopic (exact) mass is 455 g/mol. The molecule has 0 amide bonds. The van der Waals surface area contributed by atoms with Crippen LogP contribution >= 0.6 is 0 Å². The first-order valence-electron chi connectivity index (χ1n) is 11.2. The molecule has 1 aliphatic rings. The summed E-state index contributed by atoms with van der Waals surface area (Å²) in [6.45, 7) is -0.0633. The second-order valence-electron chi connectivity index (χ2n) is 9.00. The van der Waals surface area contributed by atoms with Gasteiger partial charge in [-0.3, -0.25) is 5.10 Å². The molecule has 170 valence electrons. The van der Waals surface area contributed by atoms with Crippen molar-refractivity contribution in [2.75, 3.05) is 6.61 Å². The standard InChI is InChI=1S/C27H22FN3O3/c28-17-6-8-18(9-7-17)31-23-12-16-14-29-30-22(16)13-21(23)24(25(31)27(15-32)10-3-11-27)19-4-1-2-5-20(19)26(33)34/h1-2,4-9,12-14,32H,3,10-11,15H2,(H,29,30)(H,33,34). The molecule has 5 aromatic rings. The lowest BCUT2D eigenvalue weighted by molar-refractivity contribution is 0.0697. The summed E-state index contributed by atoms with van der Waals surface area (Å²) in [6.07, 6.45) is 4.27. The molecule has 0 aliphatic heterocycles. The zero-order valence-electron chi connectivity index (χ0n) is 18.3. The molecule has 1 fully saturated rings. The molecule has 0 saturated heterocycles. The number of aromatic amines is 1. The SMILES string of the molecule is O=C(O)c1ccccc1-c1c(C2(CO)CCC2)n(-c2ccc(F)cc2)c2cc3cn[nH]c3cc12. The predicted octanol–water partition coefficient (Wildman–Crippen LogP) is 5.43. The lowest BCUT2D eigenvalue weighted by atomic mass is 9.65. The molecule has 0 spiro atoms. The third-order valence-electron chi connectivity index (χ3n) is 7.15. The van der Waals surface area contributed by atoms with Gasteiger partial charge in [0, 0.05) is 33.1 Å².